The van der Waals surface area contributed by atoms with Gasteiger partial charge in [0.05, 0.1) is 30.3 Å². The van der Waals surface area contributed by atoms with Crippen LogP contribution in [0.15, 0.2) is 53.7 Å². The first-order valence-corrected chi connectivity index (χ1v) is 11.0. The summed E-state index contributed by atoms with van der Waals surface area (Å²) in [4.78, 5) is 45.2. The first kappa shape index (κ1) is 20.0. The zero-order valence-electron chi connectivity index (χ0n) is 18.1. The monoisotopic (exact) mass is 446 g/mol. The third-order valence-corrected chi connectivity index (χ3v) is 7.43. The molecule has 0 N–H and O–H groups in total. The van der Waals surface area contributed by atoms with Gasteiger partial charge in [-0.05, 0) is 60.9 Å². The molecule has 0 aromatic heterocycles. The SMILES string of the molecule is COc1ccc(C2=NO[C@@H]3[C@H]4C[C@H]([C@@H]23)[C@H]2C(=O)N(c3ccc(OC(C)=O)cc3)C(=O)[C@@H]42)cc1. The van der Waals surface area contributed by atoms with Crippen molar-refractivity contribution in [1.82, 2.24) is 0 Å². The summed E-state index contributed by atoms with van der Waals surface area (Å²) in [6.07, 6.45) is 0.604. The number of esters is 1. The molecule has 0 unspecified atom stereocenters. The highest BCUT2D eigenvalue weighted by molar-refractivity contribution is 6.23. The topological polar surface area (TPSA) is 94.5 Å². The molecule has 2 aliphatic heterocycles. The molecule has 2 aromatic carbocycles. The summed E-state index contributed by atoms with van der Waals surface area (Å²) >= 11 is 0. The molecule has 6 rings (SSSR count). The number of carbonyl (C=O) groups excluding carboxylic acids is 3. The Bertz CT molecular complexity index is 1190. The van der Waals surface area contributed by atoms with E-state index in [0.29, 0.717) is 11.4 Å². The van der Waals surface area contributed by atoms with Gasteiger partial charge in [0.1, 0.15) is 17.6 Å². The van der Waals surface area contributed by atoms with Crippen LogP contribution in [0.3, 0.4) is 0 Å². The lowest BCUT2D eigenvalue weighted by Crippen LogP contribution is -2.41. The second-order valence-corrected chi connectivity index (χ2v) is 9.02. The Balaban J connectivity index is 1.28. The van der Waals surface area contributed by atoms with Gasteiger partial charge in [0.2, 0.25) is 11.8 Å². The van der Waals surface area contributed by atoms with Gasteiger partial charge < -0.3 is 14.3 Å². The molecule has 2 aliphatic carbocycles. The summed E-state index contributed by atoms with van der Waals surface area (Å²) in [6.45, 7) is 1.32. The molecule has 0 spiro atoms. The number of amides is 2. The first-order chi connectivity index (χ1) is 16.0. The molecule has 2 aromatic rings. The predicted molar refractivity (Wildman–Crippen MR) is 117 cm³/mol. The molecule has 2 bridgehead atoms. The number of methoxy groups -OCH3 is 1. The molecule has 6 atom stereocenters. The number of rotatable bonds is 4. The fourth-order valence-electron chi connectivity index (χ4n) is 6.21. The van der Waals surface area contributed by atoms with Crippen LogP contribution in [-0.2, 0) is 19.2 Å². The zero-order chi connectivity index (χ0) is 22.9. The quantitative estimate of drug-likeness (QED) is 0.407. The molecule has 168 valence electrons. The number of anilines is 1. The van der Waals surface area contributed by atoms with Gasteiger partial charge in [0, 0.05) is 24.3 Å². The van der Waals surface area contributed by atoms with Crippen molar-refractivity contribution >= 4 is 29.2 Å². The van der Waals surface area contributed by atoms with Gasteiger partial charge >= 0.3 is 5.97 Å². The number of nitrogens with zero attached hydrogens (tertiary/aromatic N) is 2. The summed E-state index contributed by atoms with van der Waals surface area (Å²) in [5.41, 5.74) is 2.28. The highest BCUT2D eigenvalue weighted by atomic mass is 16.6. The van der Waals surface area contributed by atoms with E-state index >= 15 is 0 Å². The first-order valence-electron chi connectivity index (χ1n) is 11.0. The molecular formula is C25H22N2O6. The number of fused-ring (bicyclic) bond motifs is 8. The minimum atomic E-state index is -0.428. The molecular weight excluding hydrogens is 424 g/mol. The normalized spacial score (nSPS) is 31.2. The van der Waals surface area contributed by atoms with Crippen molar-refractivity contribution in [2.45, 2.75) is 19.4 Å². The van der Waals surface area contributed by atoms with Gasteiger partial charge in [-0.3, -0.25) is 19.3 Å². The van der Waals surface area contributed by atoms with E-state index in [1.165, 1.54) is 11.8 Å². The fraction of sp³-hybridized carbons (Fsp3) is 0.360. The van der Waals surface area contributed by atoms with E-state index in [1.54, 1.807) is 31.4 Å². The van der Waals surface area contributed by atoms with Crippen LogP contribution in [0.2, 0.25) is 0 Å². The third-order valence-electron chi connectivity index (χ3n) is 7.43. The molecule has 33 heavy (non-hydrogen) atoms. The third kappa shape index (κ3) is 2.83. The van der Waals surface area contributed by atoms with Gasteiger partial charge in [-0.25, -0.2) is 0 Å². The van der Waals surface area contributed by atoms with Crippen molar-refractivity contribution in [1.29, 1.82) is 0 Å². The van der Waals surface area contributed by atoms with Crippen molar-refractivity contribution in [3.63, 3.8) is 0 Å². The van der Waals surface area contributed by atoms with E-state index in [1.807, 2.05) is 24.3 Å². The molecule has 2 amide bonds. The molecule has 8 heteroatoms. The van der Waals surface area contributed by atoms with Crippen molar-refractivity contribution < 1.29 is 28.7 Å². The van der Waals surface area contributed by atoms with E-state index in [4.69, 9.17) is 14.3 Å². The summed E-state index contributed by atoms with van der Waals surface area (Å²) in [6, 6.07) is 14.1. The van der Waals surface area contributed by atoms with E-state index in [9.17, 15) is 14.4 Å². The average Bonchev–Trinajstić information content (AvgIpc) is 3.55. The maximum Gasteiger partial charge on any atom is 0.308 e. The Morgan fingerprint density at radius 1 is 0.939 bits per heavy atom. The van der Waals surface area contributed by atoms with Crippen LogP contribution in [0.5, 0.6) is 11.5 Å². The number of ether oxygens (including phenoxy) is 2. The van der Waals surface area contributed by atoms with Crippen LogP contribution in [-0.4, -0.2) is 36.7 Å². The van der Waals surface area contributed by atoms with Crippen LogP contribution in [0.1, 0.15) is 18.9 Å². The van der Waals surface area contributed by atoms with E-state index in [-0.39, 0.29) is 47.5 Å². The van der Waals surface area contributed by atoms with E-state index in [2.05, 4.69) is 5.16 Å². The highest BCUT2D eigenvalue weighted by Gasteiger charge is 2.70. The van der Waals surface area contributed by atoms with Crippen LogP contribution in [0, 0.1) is 29.6 Å². The molecule has 2 heterocycles. The maximum atomic E-state index is 13.5. The summed E-state index contributed by atoms with van der Waals surface area (Å²) in [5, 5.41) is 4.37. The van der Waals surface area contributed by atoms with Gasteiger partial charge in [0.15, 0.2) is 0 Å². The number of imide groups is 1. The number of hydrogen-bond acceptors (Lipinski definition) is 7. The number of hydrogen-bond donors (Lipinski definition) is 0. The number of benzene rings is 2. The molecule has 4 aliphatic rings. The summed E-state index contributed by atoms with van der Waals surface area (Å²) < 4.78 is 10.3. The second kappa shape index (κ2) is 7.16. The van der Waals surface area contributed by atoms with Gasteiger partial charge in [-0.1, -0.05) is 5.16 Å². The lowest BCUT2D eigenvalue weighted by molar-refractivity contribution is -0.132. The Labute approximate surface area is 190 Å². The highest BCUT2D eigenvalue weighted by Crippen LogP contribution is 2.62. The lowest BCUT2D eigenvalue weighted by atomic mass is 9.71. The standard InChI is InChI=1S/C25H22N2O6/c1-12(28)32-16-9-5-14(6-10-16)27-24(29)19-17-11-18(20(19)25(27)30)23-21(17)22(26-33-23)13-3-7-15(31-2)8-4-13/h3-10,17-21,23H,11H2,1-2H3/t17-,18-,19+,20-,21-,23+/m0/s1. The second-order valence-electron chi connectivity index (χ2n) is 9.02. The molecule has 8 nitrogen and oxygen atoms in total. The fourth-order valence-corrected chi connectivity index (χ4v) is 6.21. The molecule has 2 saturated carbocycles. The average molecular weight is 446 g/mol. The van der Waals surface area contributed by atoms with Crippen LogP contribution in [0.4, 0.5) is 5.69 Å². The summed E-state index contributed by atoms with van der Waals surface area (Å²) in [7, 11) is 1.62. The zero-order valence-corrected chi connectivity index (χ0v) is 18.1. The Morgan fingerprint density at radius 2 is 1.58 bits per heavy atom. The van der Waals surface area contributed by atoms with Crippen LogP contribution >= 0.6 is 0 Å². The van der Waals surface area contributed by atoms with E-state index in [0.717, 1.165) is 23.4 Å². The van der Waals surface area contributed by atoms with Crippen molar-refractivity contribution in [2.24, 2.45) is 34.7 Å². The van der Waals surface area contributed by atoms with E-state index < -0.39 is 5.97 Å². The van der Waals surface area contributed by atoms with Crippen molar-refractivity contribution in [2.75, 3.05) is 12.0 Å². The molecule has 3 fully saturated rings. The largest absolute Gasteiger partial charge is 0.497 e. The number of carbonyl (C=O) groups is 3. The summed E-state index contributed by atoms with van der Waals surface area (Å²) in [5.74, 6) is -0.444. The minimum absolute atomic E-state index is 0.00677. The molecule has 1 saturated heterocycles. The van der Waals surface area contributed by atoms with Gasteiger partial charge in [0.25, 0.3) is 0 Å². The predicted octanol–water partition coefficient (Wildman–Crippen LogP) is 2.80. The maximum absolute atomic E-state index is 13.5. The van der Waals surface area contributed by atoms with Crippen molar-refractivity contribution in [3.8, 4) is 11.5 Å². The molecule has 0 radical (unpaired) electrons. The number of oxime groups is 1. The van der Waals surface area contributed by atoms with Gasteiger partial charge in [-0.2, -0.15) is 0 Å². The van der Waals surface area contributed by atoms with Crippen molar-refractivity contribution in [3.05, 3.63) is 54.1 Å². The van der Waals surface area contributed by atoms with Crippen LogP contribution < -0.4 is 14.4 Å². The minimum Gasteiger partial charge on any atom is -0.497 e. The Kier molecular flexibility index (Phi) is 4.33. The lowest BCUT2D eigenvalue weighted by Gasteiger charge is -2.29. The van der Waals surface area contributed by atoms with Gasteiger partial charge in [-0.15, -0.1) is 0 Å². The smallest absolute Gasteiger partial charge is 0.308 e. The Morgan fingerprint density at radius 3 is 2.21 bits per heavy atom. The Hall–Kier alpha value is -3.68. The van der Waals surface area contributed by atoms with Crippen LogP contribution in [0.25, 0.3) is 0 Å².